The Labute approximate surface area is 148 Å². The van der Waals surface area contributed by atoms with E-state index in [1.54, 1.807) is 13.0 Å². The van der Waals surface area contributed by atoms with Crippen LogP contribution in [0.2, 0.25) is 0 Å². The first-order chi connectivity index (χ1) is 12.0. The Morgan fingerprint density at radius 2 is 1.64 bits per heavy atom. The Morgan fingerprint density at radius 3 is 2.36 bits per heavy atom. The van der Waals surface area contributed by atoms with E-state index in [4.69, 9.17) is 0 Å². The Balaban J connectivity index is 2.17. The maximum atomic E-state index is 13.2. The Hall–Kier alpha value is -2.79. The fourth-order valence-corrected chi connectivity index (χ4v) is 4.32. The molecule has 0 aliphatic rings. The lowest BCUT2D eigenvalue weighted by molar-refractivity contribution is 0.894. The topological polar surface area (TPSA) is 52.0 Å². The summed E-state index contributed by atoms with van der Waals surface area (Å²) in [6.45, 7) is 5.77. The maximum Gasteiger partial charge on any atom is 0.270 e. The molecule has 2 aromatic carbocycles. The molecule has 5 heteroatoms. The SMILES string of the molecule is Cc1cc(C)cc(-n2c(C)nc3sc4ccccc4c(=O)c3c2=O)c1. The van der Waals surface area contributed by atoms with Crippen molar-refractivity contribution in [2.75, 3.05) is 0 Å². The predicted octanol–water partition coefficient (Wildman–Crippen LogP) is 3.89. The molecule has 4 rings (SSSR count). The standard InChI is InChI=1S/C20H16N2O2S/c1-11-8-12(2)10-14(9-11)22-13(3)21-19-17(20(22)24)18(23)15-6-4-5-7-16(15)25-19/h4-10H,1-3H3. The number of hydrogen-bond donors (Lipinski definition) is 0. The second-order valence-corrected chi connectivity index (χ2v) is 7.28. The molecule has 0 N–H and O–H groups in total. The van der Waals surface area contributed by atoms with Crippen LogP contribution in [0.4, 0.5) is 0 Å². The minimum absolute atomic E-state index is 0.161. The monoisotopic (exact) mass is 348 g/mol. The number of nitrogens with zero attached hydrogens (tertiary/aromatic N) is 2. The van der Waals surface area contributed by atoms with Crippen LogP contribution < -0.4 is 11.0 Å². The molecule has 0 radical (unpaired) electrons. The van der Waals surface area contributed by atoms with Crippen LogP contribution in [-0.4, -0.2) is 9.55 Å². The molecular weight excluding hydrogens is 332 g/mol. The summed E-state index contributed by atoms with van der Waals surface area (Å²) in [4.78, 5) is 31.1. The fraction of sp³-hybridized carbons (Fsp3) is 0.150. The normalized spacial score (nSPS) is 11.3. The smallest absolute Gasteiger partial charge is 0.270 e. The summed E-state index contributed by atoms with van der Waals surface area (Å²) < 4.78 is 2.38. The molecule has 2 heterocycles. The summed E-state index contributed by atoms with van der Waals surface area (Å²) in [5, 5.41) is 0.725. The number of aromatic nitrogens is 2. The van der Waals surface area contributed by atoms with Gasteiger partial charge >= 0.3 is 0 Å². The second kappa shape index (κ2) is 5.63. The van der Waals surface area contributed by atoms with Crippen molar-refractivity contribution < 1.29 is 0 Å². The number of rotatable bonds is 1. The molecule has 0 bridgehead atoms. The summed E-state index contributed by atoms with van der Waals surface area (Å²) in [5.74, 6) is 0.577. The second-order valence-electron chi connectivity index (χ2n) is 6.25. The molecule has 0 aliphatic heterocycles. The van der Waals surface area contributed by atoms with Crippen LogP contribution in [0.1, 0.15) is 17.0 Å². The van der Waals surface area contributed by atoms with Crippen molar-refractivity contribution in [2.45, 2.75) is 20.8 Å². The van der Waals surface area contributed by atoms with E-state index in [0.29, 0.717) is 16.0 Å². The third-order valence-corrected chi connectivity index (χ3v) is 5.31. The molecule has 0 spiro atoms. The Morgan fingerprint density at radius 1 is 0.960 bits per heavy atom. The molecule has 0 saturated carbocycles. The van der Waals surface area contributed by atoms with E-state index in [0.717, 1.165) is 21.5 Å². The maximum absolute atomic E-state index is 13.2. The summed E-state index contributed by atoms with van der Waals surface area (Å²) >= 11 is 1.38. The molecule has 0 saturated heterocycles. The van der Waals surface area contributed by atoms with Gasteiger partial charge in [-0.05, 0) is 56.2 Å². The van der Waals surface area contributed by atoms with Crippen molar-refractivity contribution in [3.63, 3.8) is 0 Å². The van der Waals surface area contributed by atoms with E-state index in [1.807, 2.05) is 50.2 Å². The number of aryl methyl sites for hydroxylation is 3. The van der Waals surface area contributed by atoms with Crippen LogP contribution in [-0.2, 0) is 0 Å². The van der Waals surface area contributed by atoms with Crippen molar-refractivity contribution in [1.29, 1.82) is 0 Å². The van der Waals surface area contributed by atoms with Crippen molar-refractivity contribution in [3.05, 3.63) is 80.0 Å². The third kappa shape index (κ3) is 2.48. The molecule has 0 amide bonds. The molecule has 4 nitrogen and oxygen atoms in total. The van der Waals surface area contributed by atoms with Crippen molar-refractivity contribution in [3.8, 4) is 5.69 Å². The Bertz CT molecular complexity index is 1250. The van der Waals surface area contributed by atoms with E-state index in [1.165, 1.54) is 15.9 Å². The lowest BCUT2D eigenvalue weighted by Crippen LogP contribution is -2.26. The van der Waals surface area contributed by atoms with E-state index in [2.05, 4.69) is 4.98 Å². The van der Waals surface area contributed by atoms with Gasteiger partial charge in [0.15, 0.2) is 0 Å². The van der Waals surface area contributed by atoms with Gasteiger partial charge in [-0.3, -0.25) is 14.2 Å². The summed E-state index contributed by atoms with van der Waals surface area (Å²) in [7, 11) is 0. The third-order valence-electron chi connectivity index (χ3n) is 4.25. The number of fused-ring (bicyclic) bond motifs is 2. The lowest BCUT2D eigenvalue weighted by atomic mass is 10.1. The molecule has 124 valence electrons. The zero-order valence-corrected chi connectivity index (χ0v) is 15.0. The van der Waals surface area contributed by atoms with Crippen molar-refractivity contribution in [2.24, 2.45) is 0 Å². The van der Waals surface area contributed by atoms with Gasteiger partial charge in [0, 0.05) is 10.1 Å². The van der Waals surface area contributed by atoms with Gasteiger partial charge in [-0.25, -0.2) is 4.98 Å². The van der Waals surface area contributed by atoms with Gasteiger partial charge in [0.2, 0.25) is 5.43 Å². The first-order valence-electron chi connectivity index (χ1n) is 7.99. The highest BCUT2D eigenvalue weighted by molar-refractivity contribution is 7.24. The molecular formula is C20H16N2O2S. The minimum Gasteiger partial charge on any atom is -0.288 e. The fourth-order valence-electron chi connectivity index (χ4n) is 3.24. The molecule has 0 fully saturated rings. The molecule has 2 aromatic heterocycles. The predicted molar refractivity (Wildman–Crippen MR) is 103 cm³/mol. The van der Waals surface area contributed by atoms with E-state index >= 15 is 0 Å². The van der Waals surface area contributed by atoms with Gasteiger partial charge in [-0.2, -0.15) is 0 Å². The average Bonchev–Trinajstić information content (AvgIpc) is 2.53. The molecule has 25 heavy (non-hydrogen) atoms. The molecule has 0 unspecified atom stereocenters. The van der Waals surface area contributed by atoms with Crippen LogP contribution in [0, 0.1) is 20.8 Å². The summed E-state index contributed by atoms with van der Waals surface area (Å²) in [6.07, 6.45) is 0. The number of hydrogen-bond acceptors (Lipinski definition) is 4. The number of benzene rings is 2. The Kier molecular flexibility index (Phi) is 3.54. The first kappa shape index (κ1) is 15.7. The highest BCUT2D eigenvalue weighted by Gasteiger charge is 2.16. The zero-order valence-electron chi connectivity index (χ0n) is 14.2. The van der Waals surface area contributed by atoms with Gasteiger partial charge in [0.05, 0.1) is 5.69 Å². The summed E-state index contributed by atoms with van der Waals surface area (Å²) in [6, 6.07) is 13.3. The van der Waals surface area contributed by atoms with Gasteiger partial charge < -0.3 is 0 Å². The van der Waals surface area contributed by atoms with Gasteiger partial charge in [-0.15, -0.1) is 11.3 Å². The van der Waals surface area contributed by atoms with Crippen LogP contribution in [0.3, 0.4) is 0 Å². The van der Waals surface area contributed by atoms with Crippen LogP contribution in [0.5, 0.6) is 0 Å². The first-order valence-corrected chi connectivity index (χ1v) is 8.81. The van der Waals surface area contributed by atoms with Crippen molar-refractivity contribution in [1.82, 2.24) is 9.55 Å². The highest BCUT2D eigenvalue weighted by Crippen LogP contribution is 2.22. The van der Waals surface area contributed by atoms with Crippen molar-refractivity contribution >= 4 is 31.6 Å². The molecule has 4 aromatic rings. The van der Waals surface area contributed by atoms with Gasteiger partial charge in [0.25, 0.3) is 5.56 Å². The lowest BCUT2D eigenvalue weighted by Gasteiger charge is -2.12. The van der Waals surface area contributed by atoms with Crippen LogP contribution in [0.15, 0.2) is 52.1 Å². The zero-order chi connectivity index (χ0) is 17.7. The average molecular weight is 348 g/mol. The largest absolute Gasteiger partial charge is 0.288 e. The quantitative estimate of drug-likeness (QED) is 0.491. The highest BCUT2D eigenvalue weighted by atomic mass is 32.1. The van der Waals surface area contributed by atoms with Gasteiger partial charge in [0.1, 0.15) is 16.0 Å². The van der Waals surface area contributed by atoms with E-state index in [-0.39, 0.29) is 16.4 Å². The van der Waals surface area contributed by atoms with E-state index in [9.17, 15) is 9.59 Å². The van der Waals surface area contributed by atoms with Crippen LogP contribution >= 0.6 is 11.3 Å². The van der Waals surface area contributed by atoms with Crippen LogP contribution in [0.25, 0.3) is 26.0 Å². The summed E-state index contributed by atoms with van der Waals surface area (Å²) in [5.41, 5.74) is 2.31. The van der Waals surface area contributed by atoms with Gasteiger partial charge in [-0.1, -0.05) is 18.2 Å². The molecule has 0 aliphatic carbocycles. The molecule has 0 atom stereocenters. The minimum atomic E-state index is -0.306. The van der Waals surface area contributed by atoms with E-state index < -0.39 is 0 Å².